The zero-order valence-electron chi connectivity index (χ0n) is 11.0. The van der Waals surface area contributed by atoms with Gasteiger partial charge < -0.3 is 14.6 Å². The summed E-state index contributed by atoms with van der Waals surface area (Å²) in [5.74, 6) is -0.00730. The average molecular weight is 265 g/mol. The van der Waals surface area contributed by atoms with Crippen molar-refractivity contribution in [1.82, 2.24) is 4.90 Å². The molecule has 5 nitrogen and oxygen atoms in total. The van der Waals surface area contributed by atoms with E-state index in [0.717, 1.165) is 24.4 Å². The van der Waals surface area contributed by atoms with E-state index in [1.165, 1.54) is 0 Å². The van der Waals surface area contributed by atoms with Gasteiger partial charge in [0.15, 0.2) is 0 Å². The van der Waals surface area contributed by atoms with E-state index in [0.29, 0.717) is 13.2 Å². The Morgan fingerprint density at radius 2 is 2.00 bits per heavy atom. The third-order valence-electron chi connectivity index (χ3n) is 3.35. The average Bonchev–Trinajstić information content (AvgIpc) is 2.46. The van der Waals surface area contributed by atoms with Gasteiger partial charge >= 0.3 is 5.97 Å². The number of rotatable bonds is 5. The largest absolute Gasteiger partial charge is 0.497 e. The zero-order chi connectivity index (χ0) is 13.7. The molecule has 0 bridgehead atoms. The molecular weight excluding hydrogens is 246 g/mol. The second-order valence-corrected chi connectivity index (χ2v) is 4.54. The molecule has 1 N–H and O–H groups in total. The number of morpholine rings is 1. The summed E-state index contributed by atoms with van der Waals surface area (Å²) in [5, 5.41) is 9.09. The molecule has 1 aromatic rings. The molecule has 19 heavy (non-hydrogen) atoms. The molecule has 1 aliphatic rings. The summed E-state index contributed by atoms with van der Waals surface area (Å²) in [6.07, 6.45) is 0.104. The van der Waals surface area contributed by atoms with Gasteiger partial charge in [0.2, 0.25) is 0 Å². The van der Waals surface area contributed by atoms with E-state index < -0.39 is 5.97 Å². The van der Waals surface area contributed by atoms with Crippen LogP contribution < -0.4 is 4.74 Å². The fourth-order valence-corrected chi connectivity index (χ4v) is 2.34. The number of carboxylic acid groups (broad SMARTS) is 1. The zero-order valence-corrected chi connectivity index (χ0v) is 11.0. The number of hydrogen-bond acceptors (Lipinski definition) is 4. The van der Waals surface area contributed by atoms with Crippen LogP contribution in [0.15, 0.2) is 24.3 Å². The van der Waals surface area contributed by atoms with Crippen LogP contribution in [0.1, 0.15) is 18.0 Å². The Hall–Kier alpha value is -1.59. The molecule has 0 radical (unpaired) electrons. The number of methoxy groups -OCH3 is 1. The van der Waals surface area contributed by atoms with Gasteiger partial charge in [0.25, 0.3) is 0 Å². The molecule has 0 spiro atoms. The predicted molar refractivity (Wildman–Crippen MR) is 70.4 cm³/mol. The summed E-state index contributed by atoms with van der Waals surface area (Å²) in [6, 6.07) is 7.49. The molecule has 0 aliphatic carbocycles. The van der Waals surface area contributed by atoms with Crippen molar-refractivity contribution >= 4 is 5.97 Å². The molecule has 1 atom stereocenters. The maximum Gasteiger partial charge on any atom is 0.305 e. The second kappa shape index (κ2) is 6.54. The van der Waals surface area contributed by atoms with Crippen LogP contribution in [-0.4, -0.2) is 49.4 Å². The number of aliphatic carboxylic acids is 1. The van der Waals surface area contributed by atoms with Crippen molar-refractivity contribution in [2.75, 3.05) is 33.4 Å². The molecule has 1 aromatic carbocycles. The molecule has 1 heterocycles. The highest BCUT2D eigenvalue weighted by molar-refractivity contribution is 5.68. The van der Waals surface area contributed by atoms with E-state index >= 15 is 0 Å². The fraction of sp³-hybridized carbons (Fsp3) is 0.500. The standard InChI is InChI=1S/C14H19NO4/c1-18-12-4-2-11(3-5-12)13(10-14(16)17)15-6-8-19-9-7-15/h2-5,13H,6-10H2,1H3,(H,16,17). The van der Waals surface area contributed by atoms with Crippen LogP contribution in [0.25, 0.3) is 0 Å². The van der Waals surface area contributed by atoms with Crippen molar-refractivity contribution in [1.29, 1.82) is 0 Å². The van der Waals surface area contributed by atoms with Crippen molar-refractivity contribution < 1.29 is 19.4 Å². The van der Waals surface area contributed by atoms with Gasteiger partial charge in [-0.1, -0.05) is 12.1 Å². The first kappa shape index (κ1) is 13.8. The Balaban J connectivity index is 2.17. The maximum absolute atomic E-state index is 11.1. The third-order valence-corrected chi connectivity index (χ3v) is 3.35. The van der Waals surface area contributed by atoms with Crippen LogP contribution in [0.3, 0.4) is 0 Å². The van der Waals surface area contributed by atoms with E-state index in [-0.39, 0.29) is 12.5 Å². The SMILES string of the molecule is COc1ccc(C(CC(=O)O)N2CCOCC2)cc1. The molecule has 2 rings (SSSR count). The molecule has 5 heteroatoms. The lowest BCUT2D eigenvalue weighted by Gasteiger charge is -2.34. The lowest BCUT2D eigenvalue weighted by atomic mass is 10.0. The Kier molecular flexibility index (Phi) is 4.76. The van der Waals surface area contributed by atoms with Crippen LogP contribution in [0, 0.1) is 0 Å². The number of ether oxygens (including phenoxy) is 2. The Morgan fingerprint density at radius 1 is 1.37 bits per heavy atom. The van der Waals surface area contributed by atoms with Crippen LogP contribution in [0.4, 0.5) is 0 Å². The summed E-state index contributed by atoms with van der Waals surface area (Å²) in [6.45, 7) is 2.85. The summed E-state index contributed by atoms with van der Waals surface area (Å²) in [7, 11) is 1.62. The fourth-order valence-electron chi connectivity index (χ4n) is 2.34. The van der Waals surface area contributed by atoms with E-state index in [1.54, 1.807) is 7.11 Å². The van der Waals surface area contributed by atoms with E-state index in [4.69, 9.17) is 14.6 Å². The summed E-state index contributed by atoms with van der Waals surface area (Å²) in [5.41, 5.74) is 1.00. The molecular formula is C14H19NO4. The van der Waals surface area contributed by atoms with Gasteiger partial charge in [0, 0.05) is 19.1 Å². The molecule has 1 aliphatic heterocycles. The van der Waals surface area contributed by atoms with Gasteiger partial charge in [0.1, 0.15) is 5.75 Å². The van der Waals surface area contributed by atoms with Crippen molar-refractivity contribution in [2.24, 2.45) is 0 Å². The Bertz CT molecular complexity index is 412. The minimum Gasteiger partial charge on any atom is -0.497 e. The number of nitrogens with zero attached hydrogens (tertiary/aromatic N) is 1. The molecule has 0 saturated carbocycles. The number of carboxylic acids is 1. The van der Waals surface area contributed by atoms with E-state index in [1.807, 2.05) is 24.3 Å². The van der Waals surface area contributed by atoms with Crippen LogP contribution in [-0.2, 0) is 9.53 Å². The van der Waals surface area contributed by atoms with Gasteiger partial charge in [-0.2, -0.15) is 0 Å². The first-order chi connectivity index (χ1) is 9.20. The van der Waals surface area contributed by atoms with Crippen molar-refractivity contribution in [3.8, 4) is 5.75 Å². The number of benzene rings is 1. The molecule has 1 fully saturated rings. The molecule has 1 saturated heterocycles. The smallest absolute Gasteiger partial charge is 0.305 e. The molecule has 104 valence electrons. The van der Waals surface area contributed by atoms with Crippen LogP contribution in [0.5, 0.6) is 5.75 Å². The Morgan fingerprint density at radius 3 is 2.53 bits per heavy atom. The van der Waals surface area contributed by atoms with Gasteiger partial charge in [-0.3, -0.25) is 9.69 Å². The minimum absolute atomic E-state index is 0.104. The molecule has 1 unspecified atom stereocenters. The molecule has 0 aromatic heterocycles. The third kappa shape index (κ3) is 3.68. The summed E-state index contributed by atoms with van der Waals surface area (Å²) >= 11 is 0. The first-order valence-corrected chi connectivity index (χ1v) is 6.38. The summed E-state index contributed by atoms with van der Waals surface area (Å²) < 4.78 is 10.4. The maximum atomic E-state index is 11.1. The lowest BCUT2D eigenvalue weighted by molar-refractivity contribution is -0.139. The quantitative estimate of drug-likeness (QED) is 0.875. The van der Waals surface area contributed by atoms with Crippen molar-refractivity contribution in [2.45, 2.75) is 12.5 Å². The Labute approximate surface area is 112 Å². The highest BCUT2D eigenvalue weighted by atomic mass is 16.5. The van der Waals surface area contributed by atoms with Crippen molar-refractivity contribution in [3.63, 3.8) is 0 Å². The molecule has 0 amide bonds. The van der Waals surface area contributed by atoms with Crippen molar-refractivity contribution in [3.05, 3.63) is 29.8 Å². The second-order valence-electron chi connectivity index (χ2n) is 4.54. The van der Waals surface area contributed by atoms with Crippen LogP contribution in [0.2, 0.25) is 0 Å². The van der Waals surface area contributed by atoms with Gasteiger partial charge in [-0.25, -0.2) is 0 Å². The highest BCUT2D eigenvalue weighted by Crippen LogP contribution is 2.26. The van der Waals surface area contributed by atoms with Gasteiger partial charge in [-0.05, 0) is 17.7 Å². The summed E-state index contributed by atoms with van der Waals surface area (Å²) in [4.78, 5) is 13.2. The topological polar surface area (TPSA) is 59.0 Å². The monoisotopic (exact) mass is 265 g/mol. The van der Waals surface area contributed by atoms with Crippen LogP contribution >= 0.6 is 0 Å². The first-order valence-electron chi connectivity index (χ1n) is 6.38. The normalized spacial score (nSPS) is 17.9. The highest BCUT2D eigenvalue weighted by Gasteiger charge is 2.24. The number of carbonyl (C=O) groups is 1. The minimum atomic E-state index is -0.785. The lowest BCUT2D eigenvalue weighted by Crippen LogP contribution is -2.39. The predicted octanol–water partition coefficient (Wildman–Crippen LogP) is 1.54. The van der Waals surface area contributed by atoms with E-state index in [9.17, 15) is 4.79 Å². The van der Waals surface area contributed by atoms with E-state index in [2.05, 4.69) is 4.90 Å². The number of hydrogen-bond donors (Lipinski definition) is 1. The van der Waals surface area contributed by atoms with Gasteiger partial charge in [0.05, 0.1) is 26.7 Å². The van der Waals surface area contributed by atoms with Gasteiger partial charge in [-0.15, -0.1) is 0 Å².